The van der Waals surface area contributed by atoms with Crippen LogP contribution in [-0.4, -0.2) is 23.8 Å². The molecule has 3 rings (SSSR count). The van der Waals surface area contributed by atoms with E-state index < -0.39 is 0 Å². The zero-order chi connectivity index (χ0) is 13.6. The lowest BCUT2D eigenvalue weighted by molar-refractivity contribution is -0.118. The van der Waals surface area contributed by atoms with Crippen molar-refractivity contribution in [1.82, 2.24) is 4.90 Å². The first-order chi connectivity index (χ1) is 9.06. The van der Waals surface area contributed by atoms with Gasteiger partial charge in [-0.1, -0.05) is 32.1 Å². The molecule has 1 aliphatic heterocycles. The molecule has 0 radical (unpaired) electrons. The number of carbonyl (C=O) groups is 1. The first-order valence-corrected chi connectivity index (χ1v) is 7.35. The third kappa shape index (κ3) is 1.80. The van der Waals surface area contributed by atoms with Gasteiger partial charge in [-0.25, -0.2) is 0 Å². The minimum absolute atomic E-state index is 0.271. The quantitative estimate of drug-likeness (QED) is 0.708. The Kier molecular flexibility index (Phi) is 2.92. The van der Waals surface area contributed by atoms with Crippen LogP contribution >= 0.6 is 0 Å². The molecule has 2 aliphatic carbocycles. The Bertz CT molecular complexity index is 476. The highest BCUT2D eigenvalue weighted by molar-refractivity contribution is 5.91. The Morgan fingerprint density at radius 1 is 1.58 bits per heavy atom. The summed E-state index contributed by atoms with van der Waals surface area (Å²) in [7, 11) is 0. The first-order valence-electron chi connectivity index (χ1n) is 7.35. The number of ketones is 1. The van der Waals surface area contributed by atoms with Crippen LogP contribution < -0.4 is 0 Å². The van der Waals surface area contributed by atoms with E-state index in [0.29, 0.717) is 23.5 Å². The van der Waals surface area contributed by atoms with Gasteiger partial charge in [-0.2, -0.15) is 0 Å². The van der Waals surface area contributed by atoms with Crippen molar-refractivity contribution in [2.45, 2.75) is 26.7 Å². The Labute approximate surface area is 115 Å². The van der Waals surface area contributed by atoms with Crippen LogP contribution in [0.3, 0.4) is 0 Å². The normalized spacial score (nSPS) is 40.7. The number of likely N-dealkylation sites (tertiary alicyclic amines) is 1. The van der Waals surface area contributed by atoms with Gasteiger partial charge < -0.3 is 4.90 Å². The lowest BCUT2D eigenvalue weighted by atomic mass is 9.54. The van der Waals surface area contributed by atoms with Crippen LogP contribution in [0.25, 0.3) is 0 Å². The second kappa shape index (κ2) is 4.36. The number of allylic oxidation sites excluding steroid dienone is 4. The smallest absolute Gasteiger partial charge is 0.155 e. The molecule has 0 aromatic heterocycles. The predicted molar refractivity (Wildman–Crippen MR) is 77.5 cm³/mol. The van der Waals surface area contributed by atoms with Crippen LogP contribution in [0.4, 0.5) is 0 Å². The fraction of sp³-hybridized carbons (Fsp3) is 0.588. The summed E-state index contributed by atoms with van der Waals surface area (Å²) in [5, 5.41) is 0. The van der Waals surface area contributed by atoms with E-state index >= 15 is 0 Å². The molecule has 2 heteroatoms. The molecule has 4 unspecified atom stereocenters. The summed E-state index contributed by atoms with van der Waals surface area (Å²) < 4.78 is 0. The van der Waals surface area contributed by atoms with Crippen LogP contribution in [-0.2, 0) is 4.79 Å². The number of piperidine rings is 1. The van der Waals surface area contributed by atoms with Gasteiger partial charge in [0.25, 0.3) is 0 Å². The highest BCUT2D eigenvalue weighted by Crippen LogP contribution is 2.55. The monoisotopic (exact) mass is 257 g/mol. The second-order valence-corrected chi connectivity index (χ2v) is 6.52. The fourth-order valence-electron chi connectivity index (χ4n) is 4.26. The summed E-state index contributed by atoms with van der Waals surface area (Å²) in [6.45, 7) is 10.6. The van der Waals surface area contributed by atoms with Crippen molar-refractivity contribution in [2.75, 3.05) is 13.1 Å². The SMILES string of the molecule is C=CCN1CCC2(C)C(C)C1=CC1C=CC(=O)CC12. The van der Waals surface area contributed by atoms with Crippen molar-refractivity contribution in [2.24, 2.45) is 23.2 Å². The van der Waals surface area contributed by atoms with Crippen LogP contribution in [0.5, 0.6) is 0 Å². The number of nitrogens with zero attached hydrogens (tertiary/aromatic N) is 1. The van der Waals surface area contributed by atoms with E-state index in [1.54, 1.807) is 6.08 Å². The lowest BCUT2D eigenvalue weighted by Crippen LogP contribution is -2.52. The van der Waals surface area contributed by atoms with Crippen molar-refractivity contribution >= 4 is 5.78 Å². The maximum absolute atomic E-state index is 11.8. The fourth-order valence-corrected chi connectivity index (χ4v) is 4.26. The standard InChI is InChI=1S/C17H23NO/c1-4-8-18-9-7-17(3)12(2)16(18)10-13-5-6-14(19)11-15(13)17/h4-6,10,12-13,15H,1,7-9,11H2,2-3H3. The average molecular weight is 257 g/mol. The summed E-state index contributed by atoms with van der Waals surface area (Å²) in [5.41, 5.74) is 1.74. The van der Waals surface area contributed by atoms with Crippen molar-refractivity contribution in [3.05, 3.63) is 36.6 Å². The van der Waals surface area contributed by atoms with Gasteiger partial charge in [-0.15, -0.1) is 6.58 Å². The largest absolute Gasteiger partial charge is 0.371 e. The molecule has 1 fully saturated rings. The summed E-state index contributed by atoms with van der Waals surface area (Å²) in [6.07, 6.45) is 10.2. The molecular weight excluding hydrogens is 234 g/mol. The van der Waals surface area contributed by atoms with E-state index in [1.165, 1.54) is 12.1 Å². The summed E-state index contributed by atoms with van der Waals surface area (Å²) in [5.74, 6) is 1.79. The molecule has 0 aromatic carbocycles. The second-order valence-electron chi connectivity index (χ2n) is 6.52. The van der Waals surface area contributed by atoms with Gasteiger partial charge in [0.1, 0.15) is 0 Å². The predicted octanol–water partition coefficient (Wildman–Crippen LogP) is 3.18. The van der Waals surface area contributed by atoms with E-state index in [4.69, 9.17) is 0 Å². The molecule has 19 heavy (non-hydrogen) atoms. The zero-order valence-electron chi connectivity index (χ0n) is 11.9. The molecule has 102 valence electrons. The van der Waals surface area contributed by atoms with Crippen LogP contribution in [0.15, 0.2) is 36.6 Å². The van der Waals surface area contributed by atoms with Crippen molar-refractivity contribution in [3.8, 4) is 0 Å². The van der Waals surface area contributed by atoms with E-state index in [2.05, 4.69) is 37.5 Å². The Morgan fingerprint density at radius 3 is 3.11 bits per heavy atom. The lowest BCUT2D eigenvalue weighted by Gasteiger charge is -2.56. The van der Waals surface area contributed by atoms with E-state index in [1.807, 2.05) is 6.08 Å². The summed E-state index contributed by atoms with van der Waals surface area (Å²) in [6, 6.07) is 0. The molecule has 0 N–H and O–H groups in total. The minimum atomic E-state index is 0.271. The van der Waals surface area contributed by atoms with E-state index in [0.717, 1.165) is 19.5 Å². The van der Waals surface area contributed by atoms with Crippen LogP contribution in [0.2, 0.25) is 0 Å². The van der Waals surface area contributed by atoms with Crippen molar-refractivity contribution in [3.63, 3.8) is 0 Å². The maximum Gasteiger partial charge on any atom is 0.155 e. The van der Waals surface area contributed by atoms with Gasteiger partial charge in [0.15, 0.2) is 5.78 Å². The number of hydrogen-bond donors (Lipinski definition) is 0. The third-order valence-corrected chi connectivity index (χ3v) is 5.67. The highest BCUT2D eigenvalue weighted by atomic mass is 16.1. The number of carbonyl (C=O) groups excluding carboxylic acids is 1. The topological polar surface area (TPSA) is 20.3 Å². The van der Waals surface area contributed by atoms with E-state index in [-0.39, 0.29) is 5.41 Å². The molecule has 0 saturated carbocycles. The summed E-state index contributed by atoms with van der Waals surface area (Å²) in [4.78, 5) is 14.2. The van der Waals surface area contributed by atoms with Gasteiger partial charge in [0, 0.05) is 37.0 Å². The molecule has 1 heterocycles. The molecular formula is C17H23NO. The summed E-state index contributed by atoms with van der Waals surface area (Å²) >= 11 is 0. The van der Waals surface area contributed by atoms with Crippen LogP contribution in [0, 0.1) is 23.2 Å². The molecule has 1 saturated heterocycles. The van der Waals surface area contributed by atoms with Gasteiger partial charge in [0.2, 0.25) is 0 Å². The van der Waals surface area contributed by atoms with Gasteiger partial charge in [0.05, 0.1) is 0 Å². The first kappa shape index (κ1) is 12.7. The Morgan fingerprint density at radius 2 is 2.37 bits per heavy atom. The molecule has 3 aliphatic rings. The molecule has 2 nitrogen and oxygen atoms in total. The number of rotatable bonds is 2. The minimum Gasteiger partial charge on any atom is -0.371 e. The van der Waals surface area contributed by atoms with Gasteiger partial charge in [-0.05, 0) is 23.8 Å². The average Bonchev–Trinajstić information content (AvgIpc) is 2.38. The highest BCUT2D eigenvalue weighted by Gasteiger charge is 2.50. The van der Waals surface area contributed by atoms with Crippen LogP contribution in [0.1, 0.15) is 26.7 Å². The number of fused-ring (bicyclic) bond motifs is 4. The Hall–Kier alpha value is -1.31. The van der Waals surface area contributed by atoms with Gasteiger partial charge >= 0.3 is 0 Å². The van der Waals surface area contributed by atoms with Gasteiger partial charge in [-0.3, -0.25) is 4.79 Å². The zero-order valence-corrected chi connectivity index (χ0v) is 11.9. The Balaban J connectivity index is 2.02. The number of hydrogen-bond acceptors (Lipinski definition) is 2. The maximum atomic E-state index is 11.8. The van der Waals surface area contributed by atoms with Crippen molar-refractivity contribution < 1.29 is 4.79 Å². The molecule has 0 aromatic rings. The molecule has 4 atom stereocenters. The molecule has 0 spiro atoms. The third-order valence-electron chi connectivity index (χ3n) is 5.67. The van der Waals surface area contributed by atoms with Crippen molar-refractivity contribution in [1.29, 1.82) is 0 Å². The van der Waals surface area contributed by atoms with E-state index in [9.17, 15) is 4.79 Å². The molecule has 0 amide bonds. The molecule has 2 bridgehead atoms.